The Labute approximate surface area is 216 Å². The van der Waals surface area contributed by atoms with Gasteiger partial charge in [0.05, 0.1) is 41.8 Å². The molecule has 198 valence electrons. The molecule has 0 aliphatic carbocycles. The molecule has 0 bridgehead atoms. The summed E-state index contributed by atoms with van der Waals surface area (Å²) in [6, 6.07) is 12.6. The molecule has 1 aliphatic heterocycles. The van der Waals surface area contributed by atoms with Gasteiger partial charge in [-0.05, 0) is 24.6 Å². The Bertz CT molecular complexity index is 1460. The molecule has 1 aromatic carbocycles. The average molecular weight is 526 g/mol. The van der Waals surface area contributed by atoms with Crippen LogP contribution < -0.4 is 11.1 Å². The number of ether oxygens (including phenoxy) is 1. The van der Waals surface area contributed by atoms with Gasteiger partial charge in [0.1, 0.15) is 11.8 Å². The number of fused-ring (bicyclic) bond motifs is 1. The summed E-state index contributed by atoms with van der Waals surface area (Å²) < 4.78 is 47.9. The third kappa shape index (κ3) is 5.04. The standard InChI is InChI=1S/C26H26F3N7O2/c1-16-19(25(37)31-7-8-35-9-10-38-14-22(35)17-5-3-2-4-6-17)11-18(13-32-16)21-12-20(26(27,28)29)23-24(30)33-15-34-36(21)23/h2-6,11-13,15,22H,7-10,14H2,1H3,(H,31,37)(H2,30,33,34). The van der Waals surface area contributed by atoms with Gasteiger partial charge in [0.2, 0.25) is 0 Å². The maximum absolute atomic E-state index is 13.7. The van der Waals surface area contributed by atoms with Crippen molar-refractivity contribution in [3.8, 4) is 11.3 Å². The summed E-state index contributed by atoms with van der Waals surface area (Å²) in [4.78, 5) is 23.3. The van der Waals surface area contributed by atoms with E-state index in [0.29, 0.717) is 37.6 Å². The van der Waals surface area contributed by atoms with Crippen LogP contribution in [0.2, 0.25) is 0 Å². The highest BCUT2D eigenvalue weighted by atomic mass is 19.4. The van der Waals surface area contributed by atoms with Crippen LogP contribution >= 0.6 is 0 Å². The number of benzene rings is 1. The molecule has 1 unspecified atom stereocenters. The van der Waals surface area contributed by atoms with Gasteiger partial charge in [0, 0.05) is 31.4 Å². The number of halogens is 3. The molecule has 9 nitrogen and oxygen atoms in total. The van der Waals surface area contributed by atoms with Gasteiger partial charge in [0.15, 0.2) is 5.82 Å². The molecule has 12 heteroatoms. The maximum Gasteiger partial charge on any atom is 0.418 e. The smallest absolute Gasteiger partial charge is 0.382 e. The second-order valence-corrected chi connectivity index (χ2v) is 9.00. The fourth-order valence-electron chi connectivity index (χ4n) is 4.69. The molecule has 38 heavy (non-hydrogen) atoms. The highest BCUT2D eigenvalue weighted by Gasteiger charge is 2.36. The predicted octanol–water partition coefficient (Wildman–Crippen LogP) is 3.50. The quantitative estimate of drug-likeness (QED) is 0.396. The van der Waals surface area contributed by atoms with Crippen molar-refractivity contribution >= 4 is 17.2 Å². The van der Waals surface area contributed by atoms with Crippen LogP contribution in [0.1, 0.15) is 33.2 Å². The van der Waals surface area contributed by atoms with E-state index >= 15 is 0 Å². The number of carbonyl (C=O) groups is 1. The van der Waals surface area contributed by atoms with Crippen molar-refractivity contribution in [1.82, 2.24) is 29.8 Å². The Kier molecular flexibility index (Phi) is 7.00. The van der Waals surface area contributed by atoms with E-state index in [1.807, 2.05) is 18.2 Å². The average Bonchev–Trinajstić information content (AvgIpc) is 3.31. The Morgan fingerprint density at radius 1 is 1.21 bits per heavy atom. The van der Waals surface area contributed by atoms with Gasteiger partial charge in [-0.2, -0.15) is 18.3 Å². The van der Waals surface area contributed by atoms with E-state index in [1.54, 1.807) is 6.92 Å². The summed E-state index contributed by atoms with van der Waals surface area (Å²) in [6.45, 7) is 4.57. The molecule has 4 heterocycles. The minimum Gasteiger partial charge on any atom is -0.382 e. The number of nitrogens with one attached hydrogen (secondary N) is 1. The topological polar surface area (TPSA) is 111 Å². The van der Waals surface area contributed by atoms with E-state index in [2.05, 4.69) is 37.4 Å². The van der Waals surface area contributed by atoms with Gasteiger partial charge >= 0.3 is 6.18 Å². The number of nitrogen functional groups attached to an aromatic ring is 1. The van der Waals surface area contributed by atoms with Crippen molar-refractivity contribution < 1.29 is 22.7 Å². The summed E-state index contributed by atoms with van der Waals surface area (Å²) >= 11 is 0. The number of nitrogens with zero attached hydrogens (tertiary/aromatic N) is 5. The highest BCUT2D eigenvalue weighted by Crippen LogP contribution is 2.38. The van der Waals surface area contributed by atoms with E-state index < -0.39 is 11.7 Å². The minimum absolute atomic E-state index is 0.0912. The first-order chi connectivity index (χ1) is 18.2. The zero-order chi connectivity index (χ0) is 26.9. The fraction of sp³-hybridized carbons (Fsp3) is 0.308. The first-order valence-electron chi connectivity index (χ1n) is 12.1. The van der Waals surface area contributed by atoms with Gasteiger partial charge < -0.3 is 15.8 Å². The third-order valence-corrected chi connectivity index (χ3v) is 6.62. The number of carbonyl (C=O) groups excluding carboxylic acids is 1. The molecule has 1 atom stereocenters. The summed E-state index contributed by atoms with van der Waals surface area (Å²) in [6.07, 6.45) is -2.18. The third-order valence-electron chi connectivity index (χ3n) is 6.62. The van der Waals surface area contributed by atoms with Gasteiger partial charge in [-0.15, -0.1) is 0 Å². The lowest BCUT2D eigenvalue weighted by atomic mass is 10.1. The number of hydrogen-bond donors (Lipinski definition) is 2. The van der Waals surface area contributed by atoms with Crippen molar-refractivity contribution in [3.63, 3.8) is 0 Å². The number of aryl methyl sites for hydroxylation is 1. The zero-order valence-corrected chi connectivity index (χ0v) is 20.6. The number of alkyl halides is 3. The molecule has 0 spiro atoms. The molecular formula is C26H26F3N7O2. The lowest BCUT2D eigenvalue weighted by molar-refractivity contribution is -0.136. The number of hydrogen-bond acceptors (Lipinski definition) is 7. The van der Waals surface area contributed by atoms with Gasteiger partial charge in [0.25, 0.3) is 5.91 Å². The van der Waals surface area contributed by atoms with Crippen LogP contribution in [0.15, 0.2) is 55.0 Å². The van der Waals surface area contributed by atoms with E-state index in [9.17, 15) is 18.0 Å². The normalized spacial score (nSPS) is 16.6. The predicted molar refractivity (Wildman–Crippen MR) is 134 cm³/mol. The van der Waals surface area contributed by atoms with Crippen molar-refractivity contribution in [2.75, 3.05) is 38.6 Å². The molecule has 1 aliphatic rings. The van der Waals surface area contributed by atoms with E-state index in [4.69, 9.17) is 10.5 Å². The Morgan fingerprint density at radius 2 is 2.00 bits per heavy atom. The van der Waals surface area contributed by atoms with Gasteiger partial charge in [-0.1, -0.05) is 30.3 Å². The van der Waals surface area contributed by atoms with Crippen LogP contribution in [0.4, 0.5) is 19.0 Å². The molecule has 1 amide bonds. The molecule has 0 radical (unpaired) electrons. The van der Waals surface area contributed by atoms with E-state index in [-0.39, 0.29) is 34.5 Å². The highest BCUT2D eigenvalue weighted by molar-refractivity contribution is 5.96. The summed E-state index contributed by atoms with van der Waals surface area (Å²) in [5.74, 6) is -0.666. The summed E-state index contributed by atoms with van der Waals surface area (Å²) in [5.41, 5.74) is 6.69. The fourth-order valence-corrected chi connectivity index (χ4v) is 4.69. The molecule has 3 aromatic heterocycles. The minimum atomic E-state index is -4.67. The van der Waals surface area contributed by atoms with Gasteiger partial charge in [-0.25, -0.2) is 9.50 Å². The van der Waals surface area contributed by atoms with Crippen LogP contribution in [0.25, 0.3) is 16.8 Å². The van der Waals surface area contributed by atoms with E-state index in [1.165, 1.54) is 12.3 Å². The molecule has 4 aromatic rings. The lowest BCUT2D eigenvalue weighted by Gasteiger charge is -2.35. The van der Waals surface area contributed by atoms with E-state index in [0.717, 1.165) is 29.0 Å². The Balaban J connectivity index is 1.35. The lowest BCUT2D eigenvalue weighted by Crippen LogP contribution is -2.43. The number of morpholine rings is 1. The summed E-state index contributed by atoms with van der Waals surface area (Å²) in [7, 11) is 0. The SMILES string of the molecule is Cc1ncc(-c2cc(C(F)(F)F)c3c(N)ncnn23)cc1C(=O)NCCN1CCOCC1c1ccccc1. The largest absolute Gasteiger partial charge is 0.418 e. The second-order valence-electron chi connectivity index (χ2n) is 9.00. The second kappa shape index (κ2) is 10.4. The van der Waals surface area contributed by atoms with Crippen molar-refractivity contribution in [1.29, 1.82) is 0 Å². The van der Waals surface area contributed by atoms with Crippen LogP contribution in [0.5, 0.6) is 0 Å². The number of anilines is 1. The van der Waals surface area contributed by atoms with Crippen LogP contribution in [-0.4, -0.2) is 63.2 Å². The van der Waals surface area contributed by atoms with Crippen molar-refractivity contribution in [2.24, 2.45) is 0 Å². The molecular weight excluding hydrogens is 499 g/mol. The molecule has 0 saturated carbocycles. The monoisotopic (exact) mass is 525 g/mol. The van der Waals surface area contributed by atoms with Crippen molar-refractivity contribution in [3.05, 3.63) is 77.4 Å². The molecule has 1 fully saturated rings. The maximum atomic E-state index is 13.7. The Morgan fingerprint density at radius 3 is 2.76 bits per heavy atom. The number of rotatable bonds is 6. The number of amides is 1. The Hall–Kier alpha value is -4.03. The van der Waals surface area contributed by atoms with Gasteiger partial charge in [-0.3, -0.25) is 14.7 Å². The van der Waals surface area contributed by atoms with Crippen LogP contribution in [0.3, 0.4) is 0 Å². The first-order valence-corrected chi connectivity index (χ1v) is 12.1. The van der Waals surface area contributed by atoms with Crippen molar-refractivity contribution in [2.45, 2.75) is 19.1 Å². The number of pyridine rings is 1. The molecule has 1 saturated heterocycles. The number of aromatic nitrogens is 4. The number of nitrogens with two attached hydrogens (primary N) is 1. The first kappa shape index (κ1) is 25.6. The molecule has 5 rings (SSSR count). The zero-order valence-electron chi connectivity index (χ0n) is 20.6. The molecule has 3 N–H and O–H groups in total. The van der Waals surface area contributed by atoms with Crippen LogP contribution in [-0.2, 0) is 10.9 Å². The summed E-state index contributed by atoms with van der Waals surface area (Å²) in [5, 5.41) is 6.88. The van der Waals surface area contributed by atoms with Crippen LogP contribution in [0, 0.1) is 6.92 Å².